The van der Waals surface area contributed by atoms with E-state index in [0.29, 0.717) is 30.6 Å². The number of rotatable bonds is 4. The van der Waals surface area contributed by atoms with Crippen LogP contribution in [0.5, 0.6) is 0 Å². The average molecular weight is 439 g/mol. The van der Waals surface area contributed by atoms with E-state index in [9.17, 15) is 18.0 Å². The number of hydrogen-bond acceptors (Lipinski definition) is 3. The summed E-state index contributed by atoms with van der Waals surface area (Å²) in [7, 11) is 0. The van der Waals surface area contributed by atoms with Crippen molar-refractivity contribution in [3.05, 3.63) is 94.6 Å². The van der Waals surface area contributed by atoms with E-state index < -0.39 is 11.7 Å². The Kier molecular flexibility index (Phi) is 6.26. The predicted octanol–water partition coefficient (Wildman–Crippen LogP) is 5.41. The Morgan fingerprint density at radius 2 is 1.75 bits per heavy atom. The molecule has 0 bridgehead atoms. The van der Waals surface area contributed by atoms with E-state index in [4.69, 9.17) is 4.98 Å². The summed E-state index contributed by atoms with van der Waals surface area (Å²) in [5.74, 6) is 0.227. The molecule has 0 unspecified atom stereocenters. The molecule has 4 rings (SSSR count). The molecule has 7 heteroatoms. The average Bonchev–Trinajstić information content (AvgIpc) is 2.78. The molecule has 0 spiro atoms. The molecule has 1 amide bonds. The molecule has 3 aromatic rings. The number of carbonyl (C=O) groups is 1. The highest BCUT2D eigenvalue weighted by Crippen LogP contribution is 2.31. The number of alkyl halides is 3. The van der Waals surface area contributed by atoms with Gasteiger partial charge < -0.3 is 4.90 Å². The molecule has 1 saturated heterocycles. The van der Waals surface area contributed by atoms with Crippen LogP contribution in [-0.4, -0.2) is 33.9 Å². The van der Waals surface area contributed by atoms with Crippen molar-refractivity contribution < 1.29 is 18.0 Å². The molecular formula is C25H24F3N3O. The molecule has 32 heavy (non-hydrogen) atoms. The van der Waals surface area contributed by atoms with Crippen LogP contribution >= 0.6 is 0 Å². The van der Waals surface area contributed by atoms with E-state index in [0.717, 1.165) is 35.9 Å². The maximum Gasteiger partial charge on any atom is 0.416 e. The standard InChI is InChI=1S/C25H24F3N3O/c1-17-13-19(14-18-3-2-4-22(15-18)25(26,27)28)16-23(30-17)20-7-11-31(12-8-20)24(32)21-5-9-29-10-6-21/h2-6,9-10,13,15-16,20H,7-8,11-12,14H2,1H3. The second kappa shape index (κ2) is 9.10. The van der Waals surface area contributed by atoms with Gasteiger partial charge in [0.25, 0.3) is 5.91 Å². The zero-order chi connectivity index (χ0) is 22.7. The van der Waals surface area contributed by atoms with E-state index in [-0.39, 0.29) is 11.8 Å². The van der Waals surface area contributed by atoms with E-state index in [2.05, 4.69) is 4.98 Å². The lowest BCUT2D eigenvalue weighted by atomic mass is 9.91. The Balaban J connectivity index is 1.45. The molecule has 0 aliphatic carbocycles. The topological polar surface area (TPSA) is 46.1 Å². The number of benzene rings is 1. The van der Waals surface area contributed by atoms with Gasteiger partial charge in [0.05, 0.1) is 5.56 Å². The Morgan fingerprint density at radius 3 is 2.44 bits per heavy atom. The van der Waals surface area contributed by atoms with Crippen molar-refractivity contribution >= 4 is 5.91 Å². The number of aromatic nitrogens is 2. The summed E-state index contributed by atoms with van der Waals surface area (Å²) in [4.78, 5) is 23.2. The molecule has 2 aromatic heterocycles. The van der Waals surface area contributed by atoms with Crippen LogP contribution in [0.25, 0.3) is 0 Å². The van der Waals surface area contributed by atoms with Gasteiger partial charge in [-0.3, -0.25) is 14.8 Å². The quantitative estimate of drug-likeness (QED) is 0.546. The van der Waals surface area contributed by atoms with Gasteiger partial charge in [-0.1, -0.05) is 18.2 Å². The fourth-order valence-electron chi connectivity index (χ4n) is 4.23. The zero-order valence-corrected chi connectivity index (χ0v) is 17.8. The van der Waals surface area contributed by atoms with Crippen LogP contribution in [0.15, 0.2) is 60.9 Å². The summed E-state index contributed by atoms with van der Waals surface area (Å²) in [6.07, 6.45) is 0.897. The van der Waals surface area contributed by atoms with Crippen LogP contribution in [0, 0.1) is 6.92 Å². The molecule has 0 saturated carbocycles. The van der Waals surface area contributed by atoms with E-state index in [1.165, 1.54) is 12.1 Å². The molecule has 1 fully saturated rings. The summed E-state index contributed by atoms with van der Waals surface area (Å²) < 4.78 is 39.1. The Morgan fingerprint density at radius 1 is 1.03 bits per heavy atom. The molecule has 166 valence electrons. The summed E-state index contributed by atoms with van der Waals surface area (Å²) in [6, 6.07) is 12.8. The van der Waals surface area contributed by atoms with Gasteiger partial charge >= 0.3 is 6.18 Å². The fourth-order valence-corrected chi connectivity index (χ4v) is 4.23. The minimum absolute atomic E-state index is 0.00767. The Hall–Kier alpha value is -3.22. The van der Waals surface area contributed by atoms with Crippen molar-refractivity contribution in [2.24, 2.45) is 0 Å². The number of hydrogen-bond donors (Lipinski definition) is 0. The third kappa shape index (κ3) is 5.15. The minimum atomic E-state index is -4.35. The smallest absolute Gasteiger partial charge is 0.339 e. The summed E-state index contributed by atoms with van der Waals surface area (Å²) in [6.45, 7) is 3.19. The molecule has 1 aliphatic heterocycles. The number of carbonyl (C=O) groups excluding carboxylic acids is 1. The van der Waals surface area contributed by atoms with Crippen molar-refractivity contribution in [1.29, 1.82) is 0 Å². The lowest BCUT2D eigenvalue weighted by molar-refractivity contribution is -0.137. The van der Waals surface area contributed by atoms with Crippen LogP contribution in [0.3, 0.4) is 0 Å². The molecule has 0 atom stereocenters. The largest absolute Gasteiger partial charge is 0.416 e. The summed E-state index contributed by atoms with van der Waals surface area (Å²) in [5, 5.41) is 0. The van der Waals surface area contributed by atoms with E-state index >= 15 is 0 Å². The summed E-state index contributed by atoms with van der Waals surface area (Å²) in [5.41, 5.74) is 3.36. The van der Waals surface area contributed by atoms with Crippen LogP contribution < -0.4 is 0 Å². The summed E-state index contributed by atoms with van der Waals surface area (Å²) >= 11 is 0. The van der Waals surface area contributed by atoms with Gasteiger partial charge in [0.2, 0.25) is 0 Å². The van der Waals surface area contributed by atoms with Gasteiger partial charge in [0, 0.05) is 48.4 Å². The lowest BCUT2D eigenvalue weighted by Crippen LogP contribution is -2.38. The molecule has 1 aliphatic rings. The first-order valence-corrected chi connectivity index (χ1v) is 10.6. The normalized spacial score (nSPS) is 15.1. The highest BCUT2D eigenvalue weighted by Gasteiger charge is 2.30. The van der Waals surface area contributed by atoms with Crippen molar-refractivity contribution in [1.82, 2.24) is 14.9 Å². The monoisotopic (exact) mass is 439 g/mol. The van der Waals surface area contributed by atoms with Crippen LogP contribution in [0.2, 0.25) is 0 Å². The molecular weight excluding hydrogens is 415 g/mol. The Bertz CT molecular complexity index is 1090. The van der Waals surface area contributed by atoms with E-state index in [1.54, 1.807) is 30.6 Å². The highest BCUT2D eigenvalue weighted by atomic mass is 19.4. The molecule has 0 radical (unpaired) electrons. The first-order chi connectivity index (χ1) is 15.3. The van der Waals surface area contributed by atoms with Crippen molar-refractivity contribution in [2.75, 3.05) is 13.1 Å². The molecule has 0 N–H and O–H groups in total. The Labute approximate surface area is 185 Å². The van der Waals surface area contributed by atoms with Crippen LogP contribution in [0.1, 0.15) is 57.2 Å². The van der Waals surface area contributed by atoms with Gasteiger partial charge in [-0.2, -0.15) is 13.2 Å². The number of pyridine rings is 2. The van der Waals surface area contributed by atoms with Crippen molar-refractivity contribution in [3.63, 3.8) is 0 Å². The van der Waals surface area contributed by atoms with Gasteiger partial charge in [0.15, 0.2) is 0 Å². The first kappa shape index (κ1) is 22.0. The minimum Gasteiger partial charge on any atom is -0.339 e. The second-order valence-corrected chi connectivity index (χ2v) is 8.22. The van der Waals surface area contributed by atoms with Gasteiger partial charge in [0.1, 0.15) is 0 Å². The third-order valence-electron chi connectivity index (χ3n) is 5.82. The lowest BCUT2D eigenvalue weighted by Gasteiger charge is -2.32. The molecule has 1 aromatic carbocycles. The number of amides is 1. The second-order valence-electron chi connectivity index (χ2n) is 8.22. The van der Waals surface area contributed by atoms with Crippen LogP contribution in [-0.2, 0) is 12.6 Å². The fraction of sp³-hybridized carbons (Fsp3) is 0.320. The number of likely N-dealkylation sites (tertiary alicyclic amines) is 1. The van der Waals surface area contributed by atoms with Gasteiger partial charge in [-0.05, 0) is 67.6 Å². The maximum atomic E-state index is 13.0. The van der Waals surface area contributed by atoms with Crippen molar-refractivity contribution in [2.45, 2.75) is 38.3 Å². The number of halogens is 3. The maximum absolute atomic E-state index is 13.0. The van der Waals surface area contributed by atoms with E-state index in [1.807, 2.05) is 24.0 Å². The third-order valence-corrected chi connectivity index (χ3v) is 5.82. The number of aryl methyl sites for hydroxylation is 1. The number of piperidine rings is 1. The zero-order valence-electron chi connectivity index (χ0n) is 17.8. The predicted molar refractivity (Wildman–Crippen MR) is 115 cm³/mol. The highest BCUT2D eigenvalue weighted by molar-refractivity contribution is 5.94. The van der Waals surface area contributed by atoms with Gasteiger partial charge in [-0.25, -0.2) is 0 Å². The molecule has 3 heterocycles. The SMILES string of the molecule is Cc1cc(Cc2cccc(C(F)(F)F)c2)cc(C2CCN(C(=O)c3ccncc3)CC2)n1. The van der Waals surface area contributed by atoms with Crippen LogP contribution in [0.4, 0.5) is 13.2 Å². The van der Waals surface area contributed by atoms with Gasteiger partial charge in [-0.15, -0.1) is 0 Å². The first-order valence-electron chi connectivity index (χ1n) is 10.6. The molecule has 4 nitrogen and oxygen atoms in total. The number of nitrogens with zero attached hydrogens (tertiary/aromatic N) is 3. The van der Waals surface area contributed by atoms with Crippen molar-refractivity contribution in [3.8, 4) is 0 Å².